The molecule has 0 saturated heterocycles. The Morgan fingerprint density at radius 3 is 2.44 bits per heavy atom. The predicted molar refractivity (Wildman–Crippen MR) is 126 cm³/mol. The molecule has 0 bridgehead atoms. The van der Waals surface area contributed by atoms with Crippen LogP contribution in [0.4, 0.5) is 22.7 Å². The molecule has 5 rings (SSSR count). The fraction of sp³-hybridized carbons (Fsp3) is 0.231. The second-order valence-electron chi connectivity index (χ2n) is 7.99. The van der Waals surface area contributed by atoms with Crippen LogP contribution in [-0.2, 0) is 16.0 Å². The van der Waals surface area contributed by atoms with Crippen molar-refractivity contribution in [3.05, 3.63) is 78.4 Å². The number of amides is 2. The highest BCUT2D eigenvalue weighted by atomic mass is 16.5. The molecule has 2 amide bonds. The van der Waals surface area contributed by atoms with Crippen LogP contribution in [0.2, 0.25) is 0 Å². The molecule has 0 radical (unpaired) electrons. The van der Waals surface area contributed by atoms with Gasteiger partial charge in [0, 0.05) is 36.4 Å². The van der Waals surface area contributed by atoms with Gasteiger partial charge in [0.2, 0.25) is 11.8 Å². The number of nitrogens with one attached hydrogen (secondary N) is 1. The van der Waals surface area contributed by atoms with Crippen molar-refractivity contribution >= 4 is 34.6 Å². The first-order valence-corrected chi connectivity index (χ1v) is 11.0. The third-order valence-electron chi connectivity index (χ3n) is 5.95. The van der Waals surface area contributed by atoms with Crippen molar-refractivity contribution in [1.29, 1.82) is 0 Å². The van der Waals surface area contributed by atoms with Gasteiger partial charge in [-0.1, -0.05) is 30.3 Å². The van der Waals surface area contributed by atoms with E-state index in [1.807, 2.05) is 48.5 Å². The molecule has 0 spiro atoms. The summed E-state index contributed by atoms with van der Waals surface area (Å²) >= 11 is 0. The predicted octanol–water partition coefficient (Wildman–Crippen LogP) is 4.53. The maximum atomic E-state index is 12.7. The van der Waals surface area contributed by atoms with Crippen molar-refractivity contribution < 1.29 is 14.3 Å². The van der Waals surface area contributed by atoms with Gasteiger partial charge in [-0.2, -0.15) is 0 Å². The second kappa shape index (κ2) is 8.75. The van der Waals surface area contributed by atoms with E-state index in [4.69, 9.17) is 4.74 Å². The maximum absolute atomic E-state index is 12.7. The van der Waals surface area contributed by atoms with Crippen molar-refractivity contribution in [2.45, 2.75) is 19.3 Å². The molecule has 0 fully saturated rings. The Hall–Kier alpha value is -3.80. The summed E-state index contributed by atoms with van der Waals surface area (Å²) < 4.78 is 5.60. The number of carbonyl (C=O) groups excluding carboxylic acids is 2. The lowest BCUT2D eigenvalue weighted by Crippen LogP contribution is -2.38. The number of carbonyl (C=O) groups is 2. The topological polar surface area (TPSA) is 61.9 Å². The number of para-hydroxylation sites is 3. The standard InChI is InChI=1S/C26H25N3O3/c30-25(13-14-26(31)29-17-18-32-24-8-4-3-7-23(24)29)27-20-9-11-21(12-10-20)28-16-15-19-5-1-2-6-22(19)28/h1-12H,13-18H2,(H,27,30). The van der Waals surface area contributed by atoms with E-state index in [0.29, 0.717) is 18.9 Å². The van der Waals surface area contributed by atoms with Crippen molar-refractivity contribution in [2.75, 3.05) is 34.8 Å². The van der Waals surface area contributed by atoms with Gasteiger partial charge in [-0.05, 0) is 54.4 Å². The number of nitrogens with zero attached hydrogens (tertiary/aromatic N) is 2. The van der Waals surface area contributed by atoms with Gasteiger partial charge in [0.25, 0.3) is 0 Å². The first kappa shape index (κ1) is 20.1. The quantitative estimate of drug-likeness (QED) is 0.650. The summed E-state index contributed by atoms with van der Waals surface area (Å²) in [6.45, 7) is 1.92. The first-order chi connectivity index (χ1) is 15.7. The molecule has 2 aliphatic rings. The summed E-state index contributed by atoms with van der Waals surface area (Å²) in [5.41, 5.74) is 5.21. The summed E-state index contributed by atoms with van der Waals surface area (Å²) in [7, 11) is 0. The van der Waals surface area contributed by atoms with Crippen LogP contribution in [0.15, 0.2) is 72.8 Å². The number of ether oxygens (including phenoxy) is 1. The van der Waals surface area contributed by atoms with Crippen LogP contribution in [0.5, 0.6) is 5.75 Å². The Bertz CT molecular complexity index is 1140. The van der Waals surface area contributed by atoms with Crippen LogP contribution in [0.1, 0.15) is 18.4 Å². The first-order valence-electron chi connectivity index (χ1n) is 11.0. The Morgan fingerprint density at radius 2 is 1.59 bits per heavy atom. The fourth-order valence-corrected chi connectivity index (χ4v) is 4.34. The van der Waals surface area contributed by atoms with Gasteiger partial charge < -0.3 is 19.9 Å². The molecule has 2 heterocycles. The molecule has 0 saturated carbocycles. The largest absolute Gasteiger partial charge is 0.490 e. The zero-order valence-corrected chi connectivity index (χ0v) is 17.8. The zero-order valence-electron chi connectivity index (χ0n) is 17.8. The number of anilines is 4. The summed E-state index contributed by atoms with van der Waals surface area (Å²) in [5, 5.41) is 2.90. The zero-order chi connectivity index (χ0) is 21.9. The second-order valence-corrected chi connectivity index (χ2v) is 7.99. The van der Waals surface area contributed by atoms with E-state index in [2.05, 4.69) is 34.5 Å². The van der Waals surface area contributed by atoms with Crippen LogP contribution >= 0.6 is 0 Å². The molecule has 3 aromatic carbocycles. The van der Waals surface area contributed by atoms with Gasteiger partial charge >= 0.3 is 0 Å². The third-order valence-corrected chi connectivity index (χ3v) is 5.95. The van der Waals surface area contributed by atoms with Crippen molar-refractivity contribution in [3.63, 3.8) is 0 Å². The third kappa shape index (κ3) is 4.04. The monoisotopic (exact) mass is 427 g/mol. The van der Waals surface area contributed by atoms with Gasteiger partial charge in [0.05, 0.1) is 12.2 Å². The Balaban J connectivity index is 1.16. The Morgan fingerprint density at radius 1 is 0.844 bits per heavy atom. The van der Waals surface area contributed by atoms with Gasteiger partial charge in [-0.15, -0.1) is 0 Å². The van der Waals surface area contributed by atoms with E-state index in [1.54, 1.807) is 4.90 Å². The van der Waals surface area contributed by atoms with Crippen LogP contribution in [-0.4, -0.2) is 31.5 Å². The summed E-state index contributed by atoms with van der Waals surface area (Å²) in [6, 6.07) is 23.8. The minimum Gasteiger partial charge on any atom is -0.490 e. The molecule has 0 atom stereocenters. The Labute approximate surface area is 187 Å². The lowest BCUT2D eigenvalue weighted by atomic mass is 10.2. The maximum Gasteiger partial charge on any atom is 0.227 e. The van der Waals surface area contributed by atoms with Gasteiger partial charge in [0.15, 0.2) is 0 Å². The molecular formula is C26H25N3O3. The average molecular weight is 428 g/mol. The molecule has 32 heavy (non-hydrogen) atoms. The molecule has 6 heteroatoms. The number of rotatable bonds is 5. The van der Waals surface area contributed by atoms with E-state index < -0.39 is 0 Å². The van der Waals surface area contributed by atoms with Gasteiger partial charge in [-0.25, -0.2) is 0 Å². The number of benzene rings is 3. The minimum absolute atomic E-state index is 0.0704. The van der Waals surface area contributed by atoms with Crippen molar-refractivity contribution in [2.24, 2.45) is 0 Å². The van der Waals surface area contributed by atoms with Crippen LogP contribution in [0.25, 0.3) is 0 Å². The van der Waals surface area contributed by atoms with E-state index >= 15 is 0 Å². The van der Waals surface area contributed by atoms with Gasteiger partial charge in [-0.3, -0.25) is 9.59 Å². The van der Waals surface area contributed by atoms with E-state index in [9.17, 15) is 9.59 Å². The number of hydrogen-bond acceptors (Lipinski definition) is 4. The molecule has 2 aliphatic heterocycles. The molecule has 6 nitrogen and oxygen atoms in total. The highest BCUT2D eigenvalue weighted by Gasteiger charge is 2.24. The molecule has 0 aliphatic carbocycles. The van der Waals surface area contributed by atoms with Crippen molar-refractivity contribution in [3.8, 4) is 5.75 Å². The molecule has 0 aromatic heterocycles. The summed E-state index contributed by atoms with van der Waals surface area (Å²) in [6.07, 6.45) is 1.33. The van der Waals surface area contributed by atoms with E-state index in [0.717, 1.165) is 30.0 Å². The van der Waals surface area contributed by atoms with Crippen LogP contribution in [0, 0.1) is 0 Å². The highest BCUT2D eigenvalue weighted by molar-refractivity contribution is 5.99. The lowest BCUT2D eigenvalue weighted by Gasteiger charge is -2.29. The molecule has 3 aromatic rings. The summed E-state index contributed by atoms with van der Waals surface area (Å²) in [5.74, 6) is 0.468. The molecule has 1 N–H and O–H groups in total. The average Bonchev–Trinajstić information content (AvgIpc) is 3.27. The summed E-state index contributed by atoms with van der Waals surface area (Å²) in [4.78, 5) is 29.1. The van der Waals surface area contributed by atoms with Crippen molar-refractivity contribution in [1.82, 2.24) is 0 Å². The Kier molecular flexibility index (Phi) is 5.50. The molecule has 162 valence electrons. The smallest absolute Gasteiger partial charge is 0.227 e. The van der Waals surface area contributed by atoms with Gasteiger partial charge in [0.1, 0.15) is 12.4 Å². The number of hydrogen-bond donors (Lipinski definition) is 1. The molecule has 0 unspecified atom stereocenters. The molecular weight excluding hydrogens is 402 g/mol. The highest BCUT2D eigenvalue weighted by Crippen LogP contribution is 2.35. The van der Waals surface area contributed by atoms with Crippen LogP contribution in [0.3, 0.4) is 0 Å². The van der Waals surface area contributed by atoms with E-state index in [-0.39, 0.29) is 24.7 Å². The fourth-order valence-electron chi connectivity index (χ4n) is 4.34. The van der Waals surface area contributed by atoms with Crippen LogP contribution < -0.4 is 19.9 Å². The normalized spacial score (nSPS) is 14.4. The SMILES string of the molecule is O=C(CCC(=O)N1CCOc2ccccc21)Nc1ccc(N2CCc3ccccc32)cc1. The lowest BCUT2D eigenvalue weighted by molar-refractivity contribution is -0.122. The van der Waals surface area contributed by atoms with E-state index in [1.165, 1.54) is 11.3 Å². The number of fused-ring (bicyclic) bond motifs is 2. The minimum atomic E-state index is -0.167.